The molecule has 0 bridgehead atoms. The number of carbonyl (C=O) groups is 1. The lowest BCUT2D eigenvalue weighted by Gasteiger charge is -2.24. The maximum atomic E-state index is 12.0. The fourth-order valence-electron chi connectivity index (χ4n) is 2.65. The number of likely N-dealkylation sites (tertiary alicyclic amines) is 1. The number of nitrogens with zero attached hydrogens (tertiary/aromatic N) is 1. The Bertz CT molecular complexity index is 395. The fraction of sp³-hybridized carbons (Fsp3) is 0.667. The van der Waals surface area contributed by atoms with Crippen LogP contribution in [0.2, 0.25) is 0 Å². The molecule has 1 aliphatic rings. The van der Waals surface area contributed by atoms with Crippen LogP contribution < -0.4 is 5.32 Å². The summed E-state index contributed by atoms with van der Waals surface area (Å²) in [6.45, 7) is 3.44. The minimum Gasteiger partial charge on any atom is -0.383 e. The molecule has 0 aliphatic carbocycles. The molecule has 20 heavy (non-hydrogen) atoms. The average Bonchev–Trinajstić information content (AvgIpc) is 3.07. The summed E-state index contributed by atoms with van der Waals surface area (Å²) in [4.78, 5) is 15.4. The molecule has 0 spiro atoms. The molecule has 5 heteroatoms. The van der Waals surface area contributed by atoms with Crippen LogP contribution in [0, 0.1) is 0 Å². The van der Waals surface area contributed by atoms with Crippen LogP contribution in [0.3, 0.4) is 0 Å². The Balaban J connectivity index is 1.71. The van der Waals surface area contributed by atoms with Crippen molar-refractivity contribution in [3.8, 4) is 0 Å². The molecule has 1 atom stereocenters. The molecule has 1 amide bonds. The smallest absolute Gasteiger partial charge is 0.222 e. The topological polar surface area (TPSA) is 41.6 Å². The highest BCUT2D eigenvalue weighted by Crippen LogP contribution is 2.22. The first kappa shape index (κ1) is 15.5. The van der Waals surface area contributed by atoms with Crippen molar-refractivity contribution < 1.29 is 9.53 Å². The first-order valence-electron chi connectivity index (χ1n) is 7.32. The Morgan fingerprint density at radius 3 is 3.15 bits per heavy atom. The lowest BCUT2D eigenvalue weighted by molar-refractivity contribution is -0.128. The quantitative estimate of drug-likeness (QED) is 0.708. The van der Waals surface area contributed by atoms with Gasteiger partial charge in [-0.3, -0.25) is 4.79 Å². The van der Waals surface area contributed by atoms with Gasteiger partial charge < -0.3 is 15.0 Å². The third-order valence-corrected chi connectivity index (χ3v) is 4.71. The maximum Gasteiger partial charge on any atom is 0.222 e. The van der Waals surface area contributed by atoms with Crippen molar-refractivity contribution in [1.29, 1.82) is 0 Å². The van der Waals surface area contributed by atoms with E-state index in [2.05, 4.69) is 27.7 Å². The Kier molecular flexibility index (Phi) is 6.50. The van der Waals surface area contributed by atoms with E-state index < -0.39 is 0 Å². The average molecular weight is 296 g/mol. The van der Waals surface area contributed by atoms with Crippen LogP contribution in [0.1, 0.15) is 24.1 Å². The summed E-state index contributed by atoms with van der Waals surface area (Å²) in [7, 11) is 1.71. The van der Waals surface area contributed by atoms with Crippen molar-refractivity contribution in [3.05, 3.63) is 22.4 Å². The molecule has 0 unspecified atom stereocenters. The van der Waals surface area contributed by atoms with Gasteiger partial charge in [-0.2, -0.15) is 0 Å². The lowest BCUT2D eigenvalue weighted by atomic mass is 10.1. The third-order valence-electron chi connectivity index (χ3n) is 3.77. The van der Waals surface area contributed by atoms with Gasteiger partial charge in [-0.1, -0.05) is 6.07 Å². The fourth-order valence-corrected chi connectivity index (χ4v) is 3.35. The zero-order valence-corrected chi connectivity index (χ0v) is 13.0. The molecule has 2 heterocycles. The van der Waals surface area contributed by atoms with Crippen LogP contribution in [0.25, 0.3) is 0 Å². The van der Waals surface area contributed by atoms with Crippen LogP contribution in [0.5, 0.6) is 0 Å². The number of hydrogen-bond donors (Lipinski definition) is 1. The zero-order valence-electron chi connectivity index (χ0n) is 12.1. The highest BCUT2D eigenvalue weighted by molar-refractivity contribution is 7.09. The molecule has 1 saturated heterocycles. The maximum absolute atomic E-state index is 12.0. The van der Waals surface area contributed by atoms with Gasteiger partial charge in [0.15, 0.2) is 0 Å². The van der Waals surface area contributed by atoms with E-state index >= 15 is 0 Å². The largest absolute Gasteiger partial charge is 0.383 e. The zero-order chi connectivity index (χ0) is 14.2. The predicted molar refractivity (Wildman–Crippen MR) is 82.1 cm³/mol. The minimum absolute atomic E-state index is 0.323. The number of rotatable bonds is 9. The van der Waals surface area contributed by atoms with Gasteiger partial charge in [-0.05, 0) is 37.3 Å². The van der Waals surface area contributed by atoms with Crippen molar-refractivity contribution in [2.24, 2.45) is 0 Å². The van der Waals surface area contributed by atoms with E-state index in [1.165, 1.54) is 4.88 Å². The molecule has 1 aliphatic heterocycles. The van der Waals surface area contributed by atoms with Crippen LogP contribution >= 0.6 is 11.3 Å². The van der Waals surface area contributed by atoms with Crippen molar-refractivity contribution in [1.82, 2.24) is 10.2 Å². The van der Waals surface area contributed by atoms with E-state index in [0.29, 0.717) is 18.4 Å². The Morgan fingerprint density at radius 2 is 2.40 bits per heavy atom. The highest BCUT2D eigenvalue weighted by Gasteiger charge is 2.29. The molecule has 112 valence electrons. The number of carbonyl (C=O) groups excluding carboxylic acids is 1. The van der Waals surface area contributed by atoms with Gasteiger partial charge in [-0.15, -0.1) is 11.3 Å². The summed E-state index contributed by atoms with van der Waals surface area (Å²) in [5.41, 5.74) is 0. The van der Waals surface area contributed by atoms with Crippen LogP contribution in [-0.4, -0.2) is 50.2 Å². The van der Waals surface area contributed by atoms with E-state index in [4.69, 9.17) is 4.74 Å². The summed E-state index contributed by atoms with van der Waals surface area (Å²) >= 11 is 1.77. The summed E-state index contributed by atoms with van der Waals surface area (Å²) in [6.07, 6.45) is 3.75. The summed E-state index contributed by atoms with van der Waals surface area (Å²) < 4.78 is 5.01. The van der Waals surface area contributed by atoms with Gasteiger partial charge in [-0.25, -0.2) is 0 Å². The van der Waals surface area contributed by atoms with Gasteiger partial charge in [0.25, 0.3) is 0 Å². The number of nitrogens with one attached hydrogen (secondary N) is 1. The Morgan fingerprint density at radius 1 is 1.50 bits per heavy atom. The highest BCUT2D eigenvalue weighted by atomic mass is 32.1. The molecule has 1 aromatic rings. The van der Waals surface area contributed by atoms with Gasteiger partial charge >= 0.3 is 0 Å². The molecular formula is C15H24N2O2S. The van der Waals surface area contributed by atoms with E-state index in [1.807, 2.05) is 0 Å². The monoisotopic (exact) mass is 296 g/mol. The van der Waals surface area contributed by atoms with E-state index in [9.17, 15) is 4.79 Å². The van der Waals surface area contributed by atoms with Gasteiger partial charge in [0.05, 0.1) is 6.61 Å². The van der Waals surface area contributed by atoms with Crippen LogP contribution in [-0.2, 0) is 16.0 Å². The number of ether oxygens (including phenoxy) is 1. The first-order chi connectivity index (χ1) is 9.81. The predicted octanol–water partition coefficient (Wildman–Crippen LogP) is 1.91. The first-order valence-corrected chi connectivity index (χ1v) is 8.20. The third kappa shape index (κ3) is 4.58. The number of amides is 1. The number of thiophene rings is 1. The molecule has 1 aromatic heterocycles. The molecule has 1 N–H and O–H groups in total. The molecule has 2 rings (SSSR count). The van der Waals surface area contributed by atoms with E-state index in [-0.39, 0.29) is 0 Å². The van der Waals surface area contributed by atoms with Crippen LogP contribution in [0.15, 0.2) is 17.5 Å². The summed E-state index contributed by atoms with van der Waals surface area (Å²) in [5, 5.41) is 5.45. The van der Waals surface area contributed by atoms with Gasteiger partial charge in [0, 0.05) is 37.5 Å². The van der Waals surface area contributed by atoms with E-state index in [1.54, 1.807) is 18.4 Å². The molecule has 0 saturated carbocycles. The van der Waals surface area contributed by atoms with Gasteiger partial charge in [0.2, 0.25) is 5.91 Å². The molecule has 1 fully saturated rings. The molecule has 0 radical (unpaired) electrons. The number of methoxy groups -OCH3 is 1. The van der Waals surface area contributed by atoms with Crippen LogP contribution in [0.4, 0.5) is 0 Å². The SMILES string of the molecule is COCCNCC[C@H]1CCC(=O)N1CCc1cccs1. The van der Waals surface area contributed by atoms with Gasteiger partial charge in [0.1, 0.15) is 0 Å². The summed E-state index contributed by atoms with van der Waals surface area (Å²) in [5.74, 6) is 0.323. The van der Waals surface area contributed by atoms with Crippen molar-refractivity contribution in [3.63, 3.8) is 0 Å². The lowest BCUT2D eigenvalue weighted by Crippen LogP contribution is -2.36. The second-order valence-corrected chi connectivity index (χ2v) is 6.17. The number of hydrogen-bond acceptors (Lipinski definition) is 4. The Labute approximate surface area is 125 Å². The standard InChI is InChI=1S/C15H24N2O2S/c1-19-11-9-16-8-6-13-4-5-15(18)17(13)10-7-14-3-2-12-20-14/h2-3,12-13,16H,4-11H2,1H3/t13-/m1/s1. The second-order valence-electron chi connectivity index (χ2n) is 5.14. The van der Waals surface area contributed by atoms with E-state index in [0.717, 1.165) is 45.5 Å². The molecule has 4 nitrogen and oxygen atoms in total. The second kappa shape index (κ2) is 8.39. The molecular weight excluding hydrogens is 272 g/mol. The minimum atomic E-state index is 0.323. The van der Waals surface area contributed by atoms with Crippen molar-refractivity contribution in [2.75, 3.05) is 33.4 Å². The van der Waals surface area contributed by atoms with Crippen molar-refractivity contribution in [2.45, 2.75) is 31.7 Å². The van der Waals surface area contributed by atoms with Crippen molar-refractivity contribution >= 4 is 17.2 Å². The molecule has 0 aromatic carbocycles. The normalized spacial score (nSPS) is 18.9. The summed E-state index contributed by atoms with van der Waals surface area (Å²) in [6, 6.07) is 4.63. The Hall–Kier alpha value is -0.910.